The highest BCUT2D eigenvalue weighted by molar-refractivity contribution is 5.80. The first-order chi connectivity index (χ1) is 14.7. The lowest BCUT2D eigenvalue weighted by Gasteiger charge is -2.33. The number of rotatable bonds is 13. The van der Waals surface area contributed by atoms with Gasteiger partial charge in [0.1, 0.15) is 5.60 Å². The van der Waals surface area contributed by atoms with Crippen molar-refractivity contribution < 1.29 is 14.3 Å². The van der Waals surface area contributed by atoms with Crippen molar-refractivity contribution in [3.63, 3.8) is 0 Å². The van der Waals surface area contributed by atoms with Crippen LogP contribution in [0.5, 0.6) is 0 Å². The van der Waals surface area contributed by atoms with Crippen LogP contribution >= 0.6 is 0 Å². The maximum Gasteiger partial charge on any atom is 0.306 e. The van der Waals surface area contributed by atoms with E-state index >= 15 is 0 Å². The molecule has 31 heavy (non-hydrogen) atoms. The fourth-order valence-corrected chi connectivity index (χ4v) is 3.55. The minimum Gasteiger partial charge on any atom is -0.460 e. The lowest BCUT2D eigenvalue weighted by molar-refractivity contribution is -0.154. The summed E-state index contributed by atoms with van der Waals surface area (Å²) >= 11 is 0. The molecule has 1 rings (SSSR count). The van der Waals surface area contributed by atoms with Crippen molar-refractivity contribution in [1.29, 1.82) is 0 Å². The zero-order chi connectivity index (χ0) is 23.1. The molecule has 0 aromatic rings. The number of likely N-dealkylation sites (tertiary alicyclic amines) is 1. The van der Waals surface area contributed by atoms with Gasteiger partial charge >= 0.3 is 5.97 Å². The Morgan fingerprint density at radius 1 is 1.13 bits per heavy atom. The Labute approximate surface area is 190 Å². The second kappa shape index (κ2) is 15.5. The average Bonchev–Trinajstić information content (AvgIpc) is 2.67. The summed E-state index contributed by atoms with van der Waals surface area (Å²) in [4.78, 5) is 19.0. The number of aliphatic imine (C=N–C) groups is 1. The molecule has 182 valence electrons. The Morgan fingerprint density at radius 2 is 1.81 bits per heavy atom. The molecule has 1 saturated heterocycles. The zero-order valence-electron chi connectivity index (χ0n) is 21.0. The van der Waals surface area contributed by atoms with Gasteiger partial charge in [0.05, 0.1) is 12.7 Å². The molecule has 0 atom stereocenters. The van der Waals surface area contributed by atoms with Crippen LogP contribution in [0.25, 0.3) is 0 Å². The van der Waals surface area contributed by atoms with Crippen LogP contribution in [0.2, 0.25) is 0 Å². The van der Waals surface area contributed by atoms with Gasteiger partial charge in [-0.1, -0.05) is 12.8 Å². The fourth-order valence-electron chi connectivity index (χ4n) is 3.55. The van der Waals surface area contributed by atoms with E-state index in [4.69, 9.17) is 14.5 Å². The third-order valence-corrected chi connectivity index (χ3v) is 5.11. The van der Waals surface area contributed by atoms with Crippen LogP contribution in [-0.2, 0) is 14.3 Å². The number of unbranched alkanes of at least 4 members (excludes halogenated alkanes) is 3. The summed E-state index contributed by atoms with van der Waals surface area (Å²) in [5.74, 6) is 0.834. The first kappa shape index (κ1) is 27.7. The molecule has 0 spiro atoms. The van der Waals surface area contributed by atoms with Crippen molar-refractivity contribution in [1.82, 2.24) is 15.5 Å². The molecule has 1 heterocycles. The van der Waals surface area contributed by atoms with Crippen LogP contribution in [0.3, 0.4) is 0 Å². The van der Waals surface area contributed by atoms with Crippen LogP contribution in [0.1, 0.15) is 86.5 Å². The van der Waals surface area contributed by atoms with Crippen LogP contribution in [0, 0.1) is 0 Å². The molecule has 0 bridgehead atoms. The van der Waals surface area contributed by atoms with Gasteiger partial charge in [-0.25, -0.2) is 0 Å². The van der Waals surface area contributed by atoms with E-state index in [1.165, 1.54) is 0 Å². The van der Waals surface area contributed by atoms with Crippen molar-refractivity contribution in [3.05, 3.63) is 0 Å². The summed E-state index contributed by atoms with van der Waals surface area (Å²) in [6.07, 6.45) is 7.14. The van der Waals surface area contributed by atoms with Gasteiger partial charge in [-0.05, 0) is 67.2 Å². The molecule has 0 radical (unpaired) electrons. The highest BCUT2D eigenvalue weighted by atomic mass is 16.6. The molecular formula is C24H48N4O3. The minimum absolute atomic E-state index is 0.0948. The van der Waals surface area contributed by atoms with E-state index < -0.39 is 0 Å². The second-order valence-electron chi connectivity index (χ2n) is 9.69. The second-order valence-corrected chi connectivity index (χ2v) is 9.69. The van der Waals surface area contributed by atoms with Gasteiger partial charge in [-0.2, -0.15) is 0 Å². The third kappa shape index (κ3) is 15.2. The Morgan fingerprint density at radius 3 is 2.42 bits per heavy atom. The number of esters is 1. The molecule has 0 saturated carbocycles. The maximum atomic E-state index is 11.7. The Hall–Kier alpha value is -1.34. The number of piperidine rings is 1. The highest BCUT2D eigenvalue weighted by Crippen LogP contribution is 2.12. The molecule has 1 aliphatic heterocycles. The number of guanidine groups is 1. The summed E-state index contributed by atoms with van der Waals surface area (Å²) in [7, 11) is 0. The average molecular weight is 441 g/mol. The standard InChI is InChI=1S/C24H48N4O3/c1-7-25-23(26-15-11-9-8-10-12-22(29)31-24(4,5)6)27-21-13-16-28(17-14-21)18-19-30-20(2)3/h20-21H,7-19H2,1-6H3,(H2,25,26,27). The number of hydrogen-bond donors (Lipinski definition) is 2. The van der Waals surface area contributed by atoms with E-state index in [1.807, 2.05) is 20.8 Å². The normalized spacial score (nSPS) is 16.5. The first-order valence-electron chi connectivity index (χ1n) is 12.3. The Kier molecular flexibility index (Phi) is 13.8. The number of carbonyl (C=O) groups is 1. The van der Waals surface area contributed by atoms with E-state index in [0.717, 1.165) is 83.8 Å². The fraction of sp³-hybridized carbons (Fsp3) is 0.917. The van der Waals surface area contributed by atoms with Gasteiger partial charge in [0.2, 0.25) is 0 Å². The van der Waals surface area contributed by atoms with E-state index in [9.17, 15) is 4.79 Å². The molecule has 0 aromatic carbocycles. The van der Waals surface area contributed by atoms with E-state index in [1.54, 1.807) is 0 Å². The molecule has 0 aliphatic carbocycles. The largest absolute Gasteiger partial charge is 0.460 e. The summed E-state index contributed by atoms with van der Waals surface area (Å²) < 4.78 is 11.0. The van der Waals surface area contributed by atoms with E-state index in [0.29, 0.717) is 18.6 Å². The van der Waals surface area contributed by atoms with Crippen LogP contribution in [-0.4, -0.2) is 73.9 Å². The molecule has 7 nitrogen and oxygen atoms in total. The van der Waals surface area contributed by atoms with Crippen LogP contribution in [0.15, 0.2) is 4.99 Å². The van der Waals surface area contributed by atoms with Gasteiger partial charge in [0, 0.05) is 45.2 Å². The molecular weight excluding hydrogens is 392 g/mol. The number of carbonyl (C=O) groups excluding carboxylic acids is 1. The van der Waals surface area contributed by atoms with Gasteiger partial charge in [-0.15, -0.1) is 0 Å². The Balaban J connectivity index is 2.19. The number of hydrogen-bond acceptors (Lipinski definition) is 5. The lowest BCUT2D eigenvalue weighted by Crippen LogP contribution is -2.49. The number of nitrogens with zero attached hydrogens (tertiary/aromatic N) is 2. The quantitative estimate of drug-likeness (QED) is 0.197. The number of ether oxygens (including phenoxy) is 2. The highest BCUT2D eigenvalue weighted by Gasteiger charge is 2.20. The summed E-state index contributed by atoms with van der Waals surface area (Å²) in [5.41, 5.74) is -0.389. The van der Waals surface area contributed by atoms with Crippen molar-refractivity contribution in [3.8, 4) is 0 Å². The van der Waals surface area contributed by atoms with E-state index in [2.05, 4.69) is 36.3 Å². The summed E-state index contributed by atoms with van der Waals surface area (Å²) in [5, 5.41) is 6.98. The molecule has 1 fully saturated rings. The molecule has 7 heteroatoms. The topological polar surface area (TPSA) is 75.2 Å². The van der Waals surface area contributed by atoms with E-state index in [-0.39, 0.29) is 11.6 Å². The summed E-state index contributed by atoms with van der Waals surface area (Å²) in [6.45, 7) is 17.7. The molecule has 0 amide bonds. The SMILES string of the molecule is CCNC(=NCCCCCCC(=O)OC(C)(C)C)NC1CCN(CCOC(C)C)CC1. The molecule has 0 unspecified atom stereocenters. The Bertz CT molecular complexity index is 509. The monoisotopic (exact) mass is 440 g/mol. The summed E-state index contributed by atoms with van der Waals surface area (Å²) in [6, 6.07) is 0.480. The van der Waals surface area contributed by atoms with Gasteiger partial charge < -0.3 is 25.0 Å². The van der Waals surface area contributed by atoms with Crippen LogP contribution in [0.4, 0.5) is 0 Å². The van der Waals surface area contributed by atoms with Gasteiger partial charge in [0.25, 0.3) is 0 Å². The minimum atomic E-state index is -0.389. The predicted molar refractivity (Wildman–Crippen MR) is 129 cm³/mol. The molecule has 0 aromatic heterocycles. The smallest absolute Gasteiger partial charge is 0.306 e. The van der Waals surface area contributed by atoms with Crippen molar-refractivity contribution in [2.45, 2.75) is 104 Å². The zero-order valence-corrected chi connectivity index (χ0v) is 21.0. The maximum absolute atomic E-state index is 11.7. The van der Waals surface area contributed by atoms with Crippen molar-refractivity contribution in [2.75, 3.05) is 39.3 Å². The predicted octanol–water partition coefficient (Wildman–Crippen LogP) is 3.72. The van der Waals surface area contributed by atoms with Gasteiger partial charge in [0.15, 0.2) is 5.96 Å². The van der Waals surface area contributed by atoms with Crippen LogP contribution < -0.4 is 10.6 Å². The third-order valence-electron chi connectivity index (χ3n) is 5.11. The van der Waals surface area contributed by atoms with Gasteiger partial charge in [-0.3, -0.25) is 9.79 Å². The molecule has 1 aliphatic rings. The lowest BCUT2D eigenvalue weighted by atomic mass is 10.1. The molecule has 2 N–H and O–H groups in total. The number of nitrogens with one attached hydrogen (secondary N) is 2. The first-order valence-corrected chi connectivity index (χ1v) is 12.3. The van der Waals surface area contributed by atoms with Crippen molar-refractivity contribution in [2.24, 2.45) is 4.99 Å². The van der Waals surface area contributed by atoms with Crippen molar-refractivity contribution >= 4 is 11.9 Å².